The molecule has 0 N–H and O–H groups in total. The van der Waals surface area contributed by atoms with Gasteiger partial charge in [-0.2, -0.15) is 0 Å². The largest absolute Gasteiger partial charge is 0.237 e. The van der Waals surface area contributed by atoms with Crippen molar-refractivity contribution in [3.8, 4) is 0 Å². The van der Waals surface area contributed by atoms with Crippen LogP contribution in [0.1, 0.15) is 38.2 Å². The first kappa shape index (κ1) is 8.16. The third kappa shape index (κ3) is 0.912. The van der Waals surface area contributed by atoms with E-state index in [1.54, 1.807) is 0 Å². The highest BCUT2D eigenvalue weighted by molar-refractivity contribution is 6.01. The number of hydrogen-bond donors (Lipinski definition) is 0. The molecule has 0 bridgehead atoms. The van der Waals surface area contributed by atoms with Gasteiger partial charge in [-0.3, -0.25) is 0 Å². The monoisotopic (exact) mass is 186 g/mol. The predicted molar refractivity (Wildman–Crippen MR) is 57.2 cm³/mol. The van der Waals surface area contributed by atoms with Crippen LogP contribution in [-0.2, 0) is 5.41 Å². The maximum absolute atomic E-state index is 4.65. The van der Waals surface area contributed by atoms with Crippen LogP contribution in [0.25, 0.3) is 0 Å². The molecule has 0 amide bonds. The van der Waals surface area contributed by atoms with Gasteiger partial charge in [0.1, 0.15) is 0 Å². The average molecular weight is 186 g/mol. The Balaban J connectivity index is 2.18. The van der Waals surface area contributed by atoms with Crippen LogP contribution in [0, 0.1) is 0 Å². The van der Waals surface area contributed by atoms with E-state index >= 15 is 0 Å². The van der Waals surface area contributed by atoms with Crippen LogP contribution >= 0.6 is 0 Å². The molecule has 0 spiro atoms. The third-order valence-corrected chi connectivity index (χ3v) is 3.60. The molecule has 3 rings (SSSR count). The molecule has 1 aliphatic carbocycles. The van der Waals surface area contributed by atoms with E-state index in [9.17, 15) is 0 Å². The second kappa shape index (κ2) is 2.66. The average Bonchev–Trinajstić information content (AvgIpc) is 2.51. The van der Waals surface area contributed by atoms with E-state index in [2.05, 4.69) is 23.0 Å². The third-order valence-electron chi connectivity index (χ3n) is 3.60. The fraction of sp³-hybridized carbons (Fsp3) is 0.500. The molecule has 1 aliphatic heterocycles. The van der Waals surface area contributed by atoms with E-state index in [1.165, 1.54) is 30.5 Å². The Hall–Kier alpha value is -1.18. The molecule has 2 aliphatic rings. The van der Waals surface area contributed by atoms with Gasteiger partial charge in [0.15, 0.2) is 5.82 Å². The van der Waals surface area contributed by atoms with E-state index in [0.717, 1.165) is 12.2 Å². The summed E-state index contributed by atoms with van der Waals surface area (Å²) in [5.74, 6) is 0.965. The highest BCUT2D eigenvalue weighted by Gasteiger charge is 2.40. The van der Waals surface area contributed by atoms with Gasteiger partial charge in [-0.1, -0.05) is 19.4 Å². The van der Waals surface area contributed by atoms with Gasteiger partial charge < -0.3 is 0 Å². The Morgan fingerprint density at radius 3 is 3.21 bits per heavy atom. The van der Waals surface area contributed by atoms with Crippen LogP contribution < -0.4 is 0 Å². The topological polar surface area (TPSA) is 25.2 Å². The van der Waals surface area contributed by atoms with Crippen LogP contribution in [0.2, 0.25) is 0 Å². The van der Waals surface area contributed by atoms with Crippen molar-refractivity contribution in [2.45, 2.75) is 38.0 Å². The van der Waals surface area contributed by atoms with E-state index in [1.807, 2.05) is 12.3 Å². The van der Waals surface area contributed by atoms with Gasteiger partial charge in [0, 0.05) is 22.9 Å². The Morgan fingerprint density at radius 2 is 2.29 bits per heavy atom. The van der Waals surface area contributed by atoms with E-state index in [4.69, 9.17) is 0 Å². The lowest BCUT2D eigenvalue weighted by Crippen LogP contribution is -2.32. The smallest absolute Gasteiger partial charge is 0.155 e. The highest BCUT2D eigenvalue weighted by atomic mass is 15.0. The minimum Gasteiger partial charge on any atom is -0.237 e. The Bertz CT molecular complexity index is 409. The predicted octanol–water partition coefficient (Wildman–Crippen LogP) is 3.00. The molecule has 0 saturated heterocycles. The van der Waals surface area contributed by atoms with Gasteiger partial charge >= 0.3 is 0 Å². The summed E-state index contributed by atoms with van der Waals surface area (Å²) >= 11 is 0. The highest BCUT2D eigenvalue weighted by Crippen LogP contribution is 2.45. The van der Waals surface area contributed by atoms with Crippen LogP contribution in [-0.4, -0.2) is 10.7 Å². The molecule has 1 unspecified atom stereocenters. The van der Waals surface area contributed by atoms with Gasteiger partial charge in [0.05, 0.1) is 0 Å². The van der Waals surface area contributed by atoms with Gasteiger partial charge in [-0.25, -0.2) is 9.98 Å². The molecule has 1 saturated carbocycles. The van der Waals surface area contributed by atoms with Crippen LogP contribution in [0.3, 0.4) is 0 Å². The van der Waals surface area contributed by atoms with E-state index in [0.29, 0.717) is 0 Å². The number of fused-ring (bicyclic) bond motifs is 3. The SMILES string of the molecule is CC12CCCCC1=Nc1ncccc12. The molecule has 2 heterocycles. The summed E-state index contributed by atoms with van der Waals surface area (Å²) in [5, 5.41) is 0. The molecule has 1 aromatic heterocycles. The Kier molecular flexibility index (Phi) is 1.55. The maximum Gasteiger partial charge on any atom is 0.155 e. The zero-order chi connectivity index (χ0) is 9.60. The van der Waals surface area contributed by atoms with Gasteiger partial charge in [0.2, 0.25) is 0 Å². The molecule has 2 nitrogen and oxygen atoms in total. The van der Waals surface area contributed by atoms with Gasteiger partial charge in [0.25, 0.3) is 0 Å². The number of nitrogens with zero attached hydrogens (tertiary/aromatic N) is 2. The summed E-state index contributed by atoms with van der Waals surface area (Å²) in [4.78, 5) is 8.99. The number of aliphatic imine (C=N–C) groups is 1. The molecular weight excluding hydrogens is 172 g/mol. The van der Waals surface area contributed by atoms with Crippen LogP contribution in [0.5, 0.6) is 0 Å². The normalized spacial score (nSPS) is 29.4. The van der Waals surface area contributed by atoms with Gasteiger partial charge in [-0.05, 0) is 25.3 Å². The lowest BCUT2D eigenvalue weighted by molar-refractivity contribution is 0.498. The number of pyridine rings is 1. The van der Waals surface area contributed by atoms with Gasteiger partial charge in [-0.15, -0.1) is 0 Å². The van der Waals surface area contributed by atoms with Crippen molar-refractivity contribution in [2.24, 2.45) is 4.99 Å². The maximum atomic E-state index is 4.65. The second-order valence-electron chi connectivity index (χ2n) is 4.47. The van der Waals surface area contributed by atoms with E-state index < -0.39 is 0 Å². The number of aromatic nitrogens is 1. The first-order valence-corrected chi connectivity index (χ1v) is 5.34. The zero-order valence-electron chi connectivity index (χ0n) is 8.45. The summed E-state index contributed by atoms with van der Waals surface area (Å²) in [5.41, 5.74) is 2.91. The molecule has 0 aromatic carbocycles. The minimum atomic E-state index is 0.210. The first-order chi connectivity index (χ1) is 6.81. The minimum absolute atomic E-state index is 0.210. The van der Waals surface area contributed by atoms with Crippen LogP contribution in [0.15, 0.2) is 23.3 Å². The van der Waals surface area contributed by atoms with E-state index in [-0.39, 0.29) is 5.41 Å². The van der Waals surface area contributed by atoms with Crippen molar-refractivity contribution in [3.63, 3.8) is 0 Å². The fourth-order valence-corrected chi connectivity index (χ4v) is 2.71. The summed E-state index contributed by atoms with van der Waals surface area (Å²) in [7, 11) is 0. The molecule has 0 radical (unpaired) electrons. The molecular formula is C12H14N2. The lowest BCUT2D eigenvalue weighted by atomic mass is 9.71. The van der Waals surface area contributed by atoms with Crippen molar-refractivity contribution >= 4 is 11.5 Å². The van der Waals surface area contributed by atoms with Crippen molar-refractivity contribution in [1.82, 2.24) is 4.98 Å². The summed E-state index contributed by atoms with van der Waals surface area (Å²) in [6.07, 6.45) is 6.85. The standard InChI is InChI=1S/C12H14N2/c1-12-7-3-2-6-10(12)14-11-9(12)5-4-8-13-11/h4-5,8H,2-3,6-7H2,1H3. The Morgan fingerprint density at radius 1 is 1.36 bits per heavy atom. The number of rotatable bonds is 0. The van der Waals surface area contributed by atoms with Crippen molar-refractivity contribution in [1.29, 1.82) is 0 Å². The number of hydrogen-bond acceptors (Lipinski definition) is 2. The van der Waals surface area contributed by atoms with Crippen molar-refractivity contribution in [2.75, 3.05) is 0 Å². The molecule has 1 fully saturated rings. The van der Waals surface area contributed by atoms with Crippen LogP contribution in [0.4, 0.5) is 5.82 Å². The summed E-state index contributed by atoms with van der Waals surface area (Å²) in [6, 6.07) is 4.21. The molecule has 1 aromatic rings. The molecule has 1 atom stereocenters. The Labute approximate surface area is 84.1 Å². The zero-order valence-corrected chi connectivity index (χ0v) is 8.45. The van der Waals surface area contributed by atoms with Crippen molar-refractivity contribution < 1.29 is 0 Å². The van der Waals surface area contributed by atoms with Crippen molar-refractivity contribution in [3.05, 3.63) is 23.9 Å². The second-order valence-corrected chi connectivity index (χ2v) is 4.47. The summed E-state index contributed by atoms with van der Waals surface area (Å²) < 4.78 is 0. The fourth-order valence-electron chi connectivity index (χ4n) is 2.71. The quantitative estimate of drug-likeness (QED) is 0.611. The molecule has 2 heteroatoms. The lowest BCUT2D eigenvalue weighted by Gasteiger charge is -2.31. The first-order valence-electron chi connectivity index (χ1n) is 5.34. The molecule has 14 heavy (non-hydrogen) atoms. The summed E-state index contributed by atoms with van der Waals surface area (Å²) in [6.45, 7) is 2.32. The molecule has 72 valence electrons.